The summed E-state index contributed by atoms with van der Waals surface area (Å²) < 4.78 is 11.2. The summed E-state index contributed by atoms with van der Waals surface area (Å²) in [6.45, 7) is 3.75. The number of nitrogens with one attached hydrogen (secondary N) is 1. The van der Waals surface area contributed by atoms with Gasteiger partial charge in [0.25, 0.3) is 0 Å². The van der Waals surface area contributed by atoms with Gasteiger partial charge in [0, 0.05) is 6.42 Å². The molecule has 0 spiro atoms. The molecular weight excluding hydrogens is 815 g/mol. The van der Waals surface area contributed by atoms with Crippen LogP contribution in [0.25, 0.3) is 0 Å². The lowest BCUT2D eigenvalue weighted by molar-refractivity contribution is -0.302. The second-order valence-electron chi connectivity index (χ2n) is 18.7. The summed E-state index contributed by atoms with van der Waals surface area (Å²) >= 11 is 0. The lowest BCUT2D eigenvalue weighted by atomic mass is 9.99. The van der Waals surface area contributed by atoms with Crippen LogP contribution in [-0.4, -0.2) is 87.5 Å². The summed E-state index contributed by atoms with van der Waals surface area (Å²) in [6.07, 6.45) is 54.1. The van der Waals surface area contributed by atoms with Crippen molar-refractivity contribution in [1.29, 1.82) is 0 Å². The van der Waals surface area contributed by atoms with E-state index in [2.05, 4.69) is 67.8 Å². The molecule has 0 aromatic heterocycles. The summed E-state index contributed by atoms with van der Waals surface area (Å²) in [6, 6.07) is -0.828. The van der Waals surface area contributed by atoms with Gasteiger partial charge in [0.15, 0.2) is 6.29 Å². The average Bonchev–Trinajstić information content (AvgIpc) is 3.31. The maximum absolute atomic E-state index is 13.0. The summed E-state index contributed by atoms with van der Waals surface area (Å²) in [4.78, 5) is 13.0. The third kappa shape index (κ3) is 35.7. The van der Waals surface area contributed by atoms with E-state index in [0.29, 0.717) is 6.42 Å². The number of aliphatic hydroxyl groups is 5. The van der Waals surface area contributed by atoms with E-state index in [-0.39, 0.29) is 12.5 Å². The molecule has 65 heavy (non-hydrogen) atoms. The van der Waals surface area contributed by atoms with Crippen molar-refractivity contribution in [2.75, 3.05) is 13.2 Å². The fourth-order valence-corrected chi connectivity index (χ4v) is 8.24. The quantitative estimate of drug-likeness (QED) is 0.0261. The van der Waals surface area contributed by atoms with Gasteiger partial charge in [0.2, 0.25) is 5.91 Å². The standard InChI is InChI=1S/C56H101NO8/c1-3-5-7-9-11-13-15-17-19-21-23-24-25-26-28-30-32-34-36-38-40-42-44-46-52(60)57-49(48-64-56-55(63)54(62)53(61)51(47-58)65-56)50(59)45-43-41-39-37-35-33-31-29-27-22-20-18-16-14-12-10-8-6-4-2/h15,17,21,23,25-26,35,37,43,45,49-51,53-56,58-59,61-63H,3-14,16,18-20,22,24,27-34,36,38-42,44,46-48H2,1-2H3,(H,57,60)/b17-15-,23-21-,26-25-,37-35+,45-43+. The number of carbonyl (C=O) groups excluding carboxylic acids is 1. The van der Waals surface area contributed by atoms with Gasteiger partial charge in [-0.2, -0.15) is 0 Å². The normalized spacial score (nSPS) is 20.4. The molecule has 1 rings (SSSR count). The number of rotatable bonds is 45. The molecule has 378 valence electrons. The van der Waals surface area contributed by atoms with Crippen LogP contribution in [0, 0.1) is 0 Å². The lowest BCUT2D eigenvalue weighted by Gasteiger charge is -2.40. The second-order valence-corrected chi connectivity index (χ2v) is 18.7. The summed E-state index contributed by atoms with van der Waals surface area (Å²) in [7, 11) is 0. The van der Waals surface area contributed by atoms with E-state index in [1.807, 2.05) is 6.08 Å². The van der Waals surface area contributed by atoms with Crippen molar-refractivity contribution in [3.63, 3.8) is 0 Å². The minimum atomic E-state index is -1.58. The van der Waals surface area contributed by atoms with Crippen molar-refractivity contribution < 1.29 is 39.8 Å². The molecular formula is C56H101NO8. The topological polar surface area (TPSA) is 149 Å². The van der Waals surface area contributed by atoms with Crippen LogP contribution in [0.4, 0.5) is 0 Å². The number of ether oxygens (including phenoxy) is 2. The molecule has 9 heteroatoms. The largest absolute Gasteiger partial charge is 0.394 e. The Hall–Kier alpha value is -2.11. The molecule has 0 aliphatic carbocycles. The Balaban J connectivity index is 2.30. The predicted octanol–water partition coefficient (Wildman–Crippen LogP) is 12.7. The number of hydrogen-bond acceptors (Lipinski definition) is 8. The zero-order valence-corrected chi connectivity index (χ0v) is 41.7. The Labute approximate surface area is 398 Å². The van der Waals surface area contributed by atoms with Gasteiger partial charge in [0.1, 0.15) is 24.4 Å². The number of carbonyl (C=O) groups is 1. The van der Waals surface area contributed by atoms with Gasteiger partial charge in [-0.15, -0.1) is 0 Å². The third-order valence-electron chi connectivity index (χ3n) is 12.6. The van der Waals surface area contributed by atoms with E-state index in [4.69, 9.17) is 9.47 Å². The molecule has 0 radical (unpaired) electrons. The van der Waals surface area contributed by atoms with E-state index < -0.39 is 49.5 Å². The molecule has 7 atom stereocenters. The molecule has 7 unspecified atom stereocenters. The molecule has 0 saturated carbocycles. The van der Waals surface area contributed by atoms with Crippen LogP contribution < -0.4 is 5.32 Å². The van der Waals surface area contributed by atoms with E-state index >= 15 is 0 Å². The monoisotopic (exact) mass is 916 g/mol. The molecule has 6 N–H and O–H groups in total. The van der Waals surface area contributed by atoms with Gasteiger partial charge < -0.3 is 40.3 Å². The van der Waals surface area contributed by atoms with E-state index in [1.165, 1.54) is 148 Å². The zero-order chi connectivity index (χ0) is 47.3. The molecule has 1 heterocycles. The summed E-state index contributed by atoms with van der Waals surface area (Å²) in [5, 5.41) is 54.4. The van der Waals surface area contributed by atoms with Crippen LogP contribution in [0.3, 0.4) is 0 Å². The smallest absolute Gasteiger partial charge is 0.220 e. The van der Waals surface area contributed by atoms with Crippen molar-refractivity contribution >= 4 is 5.91 Å². The molecule has 1 fully saturated rings. The summed E-state index contributed by atoms with van der Waals surface area (Å²) in [5.41, 5.74) is 0. The highest BCUT2D eigenvalue weighted by atomic mass is 16.7. The van der Waals surface area contributed by atoms with Gasteiger partial charge >= 0.3 is 0 Å². The number of aliphatic hydroxyl groups excluding tert-OH is 5. The van der Waals surface area contributed by atoms with Crippen LogP contribution in [0.5, 0.6) is 0 Å². The minimum Gasteiger partial charge on any atom is -0.394 e. The number of amides is 1. The van der Waals surface area contributed by atoms with Crippen LogP contribution in [0.15, 0.2) is 60.8 Å². The Morgan fingerprint density at radius 1 is 0.523 bits per heavy atom. The third-order valence-corrected chi connectivity index (χ3v) is 12.6. The maximum atomic E-state index is 13.0. The fourth-order valence-electron chi connectivity index (χ4n) is 8.24. The highest BCUT2D eigenvalue weighted by Crippen LogP contribution is 2.23. The number of unbranched alkanes of at least 4 members (excludes halogenated alkanes) is 27. The van der Waals surface area contributed by atoms with Crippen LogP contribution >= 0.6 is 0 Å². The summed E-state index contributed by atoms with van der Waals surface area (Å²) in [5.74, 6) is -0.195. The highest BCUT2D eigenvalue weighted by molar-refractivity contribution is 5.76. The molecule has 1 aliphatic rings. The van der Waals surface area contributed by atoms with E-state index in [0.717, 1.165) is 64.2 Å². The van der Waals surface area contributed by atoms with E-state index in [9.17, 15) is 30.3 Å². The van der Waals surface area contributed by atoms with Crippen LogP contribution in [0.1, 0.15) is 232 Å². The van der Waals surface area contributed by atoms with Crippen LogP contribution in [0.2, 0.25) is 0 Å². The Morgan fingerprint density at radius 3 is 1.40 bits per heavy atom. The minimum absolute atomic E-state index is 0.195. The van der Waals surface area contributed by atoms with Crippen molar-refractivity contribution in [3.8, 4) is 0 Å². The zero-order valence-electron chi connectivity index (χ0n) is 41.7. The lowest BCUT2D eigenvalue weighted by Crippen LogP contribution is -2.60. The highest BCUT2D eigenvalue weighted by Gasteiger charge is 2.44. The van der Waals surface area contributed by atoms with E-state index in [1.54, 1.807) is 6.08 Å². The van der Waals surface area contributed by atoms with Crippen molar-refractivity contribution in [2.45, 2.75) is 275 Å². The first-order chi connectivity index (χ1) is 31.8. The fraction of sp³-hybridized carbons (Fsp3) is 0.804. The molecule has 0 aromatic carbocycles. The molecule has 0 bridgehead atoms. The molecule has 1 saturated heterocycles. The van der Waals surface area contributed by atoms with Crippen molar-refractivity contribution in [2.24, 2.45) is 0 Å². The first-order valence-corrected chi connectivity index (χ1v) is 27.0. The maximum Gasteiger partial charge on any atom is 0.220 e. The Bertz CT molecular complexity index is 1200. The Morgan fingerprint density at radius 2 is 0.923 bits per heavy atom. The van der Waals surface area contributed by atoms with Gasteiger partial charge in [-0.1, -0.05) is 216 Å². The number of allylic oxidation sites excluding steroid dienone is 9. The average molecular weight is 916 g/mol. The second kappa shape index (κ2) is 45.7. The predicted molar refractivity (Wildman–Crippen MR) is 272 cm³/mol. The Kier molecular flexibility index (Phi) is 42.8. The molecule has 9 nitrogen and oxygen atoms in total. The van der Waals surface area contributed by atoms with Gasteiger partial charge in [-0.05, 0) is 70.6 Å². The molecule has 0 aromatic rings. The molecule has 1 aliphatic heterocycles. The SMILES string of the molecule is CCCCCCC/C=C\C/C=C\C/C=C\CCCCCCCCCCC(=O)NC(COC1OC(CO)C(O)C(O)C1O)C(O)/C=C/CC/C=C/CCCCCCCCCCCCCCC. The van der Waals surface area contributed by atoms with Gasteiger partial charge in [-0.25, -0.2) is 0 Å². The van der Waals surface area contributed by atoms with Gasteiger partial charge in [0.05, 0.1) is 25.4 Å². The van der Waals surface area contributed by atoms with Crippen molar-refractivity contribution in [1.82, 2.24) is 5.32 Å². The first-order valence-electron chi connectivity index (χ1n) is 27.0. The number of hydrogen-bond donors (Lipinski definition) is 6. The van der Waals surface area contributed by atoms with Crippen LogP contribution in [-0.2, 0) is 14.3 Å². The molecule has 1 amide bonds. The van der Waals surface area contributed by atoms with Gasteiger partial charge in [-0.3, -0.25) is 4.79 Å². The van der Waals surface area contributed by atoms with Crippen molar-refractivity contribution in [3.05, 3.63) is 60.8 Å². The first kappa shape index (κ1) is 60.9.